The van der Waals surface area contributed by atoms with E-state index in [0.29, 0.717) is 6.61 Å². The summed E-state index contributed by atoms with van der Waals surface area (Å²) in [6, 6.07) is 0. The normalized spacial score (nSPS) is 42.8. The van der Waals surface area contributed by atoms with E-state index in [0.717, 1.165) is 0 Å². The molecule has 0 aromatic rings. The molecule has 6 heteroatoms. The summed E-state index contributed by atoms with van der Waals surface area (Å²) in [7, 11) is 4.83. The van der Waals surface area contributed by atoms with Crippen LogP contribution >= 0.6 is 0 Å². The molecule has 0 spiro atoms. The van der Waals surface area contributed by atoms with Crippen LogP contribution in [0.1, 0.15) is 13.8 Å². The molecule has 0 saturated carbocycles. The number of hydrogen-bond acceptors (Lipinski definition) is 6. The maximum Gasteiger partial charge on any atom is 0.186 e. The van der Waals surface area contributed by atoms with Gasteiger partial charge in [0.1, 0.15) is 24.4 Å². The van der Waals surface area contributed by atoms with Gasteiger partial charge in [-0.25, -0.2) is 0 Å². The van der Waals surface area contributed by atoms with E-state index in [1.54, 1.807) is 21.3 Å². The molecule has 2 saturated heterocycles. The minimum atomic E-state index is -0.649. The average Bonchev–Trinajstić information content (AvgIpc) is 2.64. The summed E-state index contributed by atoms with van der Waals surface area (Å²) in [4.78, 5) is 0. The molecule has 0 unspecified atom stereocenters. The highest BCUT2D eigenvalue weighted by Crippen LogP contribution is 2.38. The molecule has 6 nitrogen and oxygen atoms in total. The van der Waals surface area contributed by atoms with Crippen molar-refractivity contribution in [3.8, 4) is 0 Å². The summed E-state index contributed by atoms with van der Waals surface area (Å²) in [5, 5.41) is 0. The quantitative estimate of drug-likeness (QED) is 0.737. The lowest BCUT2D eigenvalue weighted by atomic mass is 9.99. The first-order valence-electron chi connectivity index (χ1n) is 6.08. The molecule has 2 aliphatic heterocycles. The smallest absolute Gasteiger partial charge is 0.186 e. The van der Waals surface area contributed by atoms with Crippen molar-refractivity contribution in [3.05, 3.63) is 0 Å². The van der Waals surface area contributed by atoms with E-state index >= 15 is 0 Å². The zero-order chi connectivity index (χ0) is 13.3. The number of hydrogen-bond donors (Lipinski definition) is 0. The molecule has 0 radical (unpaired) electrons. The number of rotatable bonds is 4. The molecule has 0 aromatic heterocycles. The van der Waals surface area contributed by atoms with Gasteiger partial charge >= 0.3 is 0 Å². The molecule has 0 amide bonds. The first-order valence-corrected chi connectivity index (χ1v) is 6.08. The van der Waals surface area contributed by atoms with Gasteiger partial charge in [0.25, 0.3) is 0 Å². The SMILES string of the molecule is COC[C@H]1O[C@@H](OC)[C@H](OC)[C@H]2OC(C)(C)O[C@H]21. The van der Waals surface area contributed by atoms with Gasteiger partial charge in [-0.1, -0.05) is 0 Å². The monoisotopic (exact) mass is 262 g/mol. The van der Waals surface area contributed by atoms with Crippen molar-refractivity contribution >= 4 is 0 Å². The average molecular weight is 262 g/mol. The Labute approximate surface area is 107 Å². The zero-order valence-corrected chi connectivity index (χ0v) is 11.5. The van der Waals surface area contributed by atoms with E-state index in [1.807, 2.05) is 13.8 Å². The van der Waals surface area contributed by atoms with E-state index in [2.05, 4.69) is 0 Å². The van der Waals surface area contributed by atoms with Crippen LogP contribution in [-0.2, 0) is 28.4 Å². The van der Waals surface area contributed by atoms with Crippen LogP contribution in [0.4, 0.5) is 0 Å². The van der Waals surface area contributed by atoms with Crippen LogP contribution in [0.2, 0.25) is 0 Å². The second-order valence-corrected chi connectivity index (χ2v) is 5.00. The minimum Gasteiger partial charge on any atom is -0.382 e. The lowest BCUT2D eigenvalue weighted by Crippen LogP contribution is -2.58. The van der Waals surface area contributed by atoms with Crippen LogP contribution < -0.4 is 0 Å². The van der Waals surface area contributed by atoms with Crippen LogP contribution in [0.3, 0.4) is 0 Å². The minimum absolute atomic E-state index is 0.212. The molecule has 2 heterocycles. The fraction of sp³-hybridized carbons (Fsp3) is 1.00. The van der Waals surface area contributed by atoms with Crippen molar-refractivity contribution in [2.45, 2.75) is 50.3 Å². The zero-order valence-electron chi connectivity index (χ0n) is 11.5. The first-order chi connectivity index (χ1) is 8.52. The van der Waals surface area contributed by atoms with Crippen molar-refractivity contribution in [2.75, 3.05) is 27.9 Å². The predicted molar refractivity (Wildman–Crippen MR) is 62.2 cm³/mol. The van der Waals surface area contributed by atoms with Gasteiger partial charge in [-0.15, -0.1) is 0 Å². The number of methoxy groups -OCH3 is 3. The molecular weight excluding hydrogens is 240 g/mol. The Morgan fingerprint density at radius 1 is 1.00 bits per heavy atom. The van der Waals surface area contributed by atoms with Crippen LogP contribution in [0, 0.1) is 0 Å². The van der Waals surface area contributed by atoms with E-state index in [4.69, 9.17) is 28.4 Å². The maximum absolute atomic E-state index is 5.90. The molecule has 106 valence electrons. The largest absolute Gasteiger partial charge is 0.382 e. The highest BCUT2D eigenvalue weighted by Gasteiger charge is 2.55. The summed E-state index contributed by atoms with van der Waals surface area (Å²) in [6.45, 7) is 4.18. The van der Waals surface area contributed by atoms with Crippen molar-refractivity contribution in [3.63, 3.8) is 0 Å². The van der Waals surface area contributed by atoms with Gasteiger partial charge in [-0.3, -0.25) is 0 Å². The van der Waals surface area contributed by atoms with E-state index < -0.39 is 12.1 Å². The van der Waals surface area contributed by atoms with Gasteiger partial charge in [0, 0.05) is 21.3 Å². The highest BCUT2D eigenvalue weighted by molar-refractivity contribution is 4.97. The number of fused-ring (bicyclic) bond motifs is 1. The lowest BCUT2D eigenvalue weighted by molar-refractivity contribution is -0.280. The van der Waals surface area contributed by atoms with Crippen LogP contribution in [0.15, 0.2) is 0 Å². The highest BCUT2D eigenvalue weighted by atomic mass is 16.8. The molecule has 2 rings (SSSR count). The third-order valence-corrected chi connectivity index (χ3v) is 3.27. The van der Waals surface area contributed by atoms with Crippen LogP contribution in [0.5, 0.6) is 0 Å². The van der Waals surface area contributed by atoms with Gasteiger partial charge in [-0.05, 0) is 13.8 Å². The van der Waals surface area contributed by atoms with E-state index in [1.165, 1.54) is 0 Å². The Kier molecular flexibility index (Phi) is 4.25. The first kappa shape index (κ1) is 14.2. The Morgan fingerprint density at radius 3 is 2.22 bits per heavy atom. The third-order valence-electron chi connectivity index (χ3n) is 3.27. The summed E-state index contributed by atoms with van der Waals surface area (Å²) in [5.74, 6) is -0.649. The second kappa shape index (κ2) is 5.40. The third kappa shape index (κ3) is 2.54. The van der Waals surface area contributed by atoms with Crippen molar-refractivity contribution in [1.82, 2.24) is 0 Å². The molecule has 2 fully saturated rings. The maximum atomic E-state index is 5.90. The van der Waals surface area contributed by atoms with E-state index in [9.17, 15) is 0 Å². The predicted octanol–water partition coefficient (Wildman–Crippen LogP) is 0.539. The Morgan fingerprint density at radius 2 is 1.67 bits per heavy atom. The van der Waals surface area contributed by atoms with Crippen LogP contribution in [0.25, 0.3) is 0 Å². The molecule has 0 aliphatic carbocycles. The molecule has 5 atom stereocenters. The lowest BCUT2D eigenvalue weighted by Gasteiger charge is -2.40. The summed E-state index contributed by atoms with van der Waals surface area (Å²) in [6.07, 6.45) is -1.44. The molecule has 0 aromatic carbocycles. The molecule has 0 bridgehead atoms. The van der Waals surface area contributed by atoms with Gasteiger partial charge < -0.3 is 28.4 Å². The Hall–Kier alpha value is -0.240. The summed E-state index contributed by atoms with van der Waals surface area (Å²) in [5.41, 5.74) is 0. The van der Waals surface area contributed by atoms with Gasteiger partial charge in [0.2, 0.25) is 0 Å². The van der Waals surface area contributed by atoms with Gasteiger partial charge in [0.05, 0.1) is 6.61 Å². The van der Waals surface area contributed by atoms with Gasteiger partial charge in [-0.2, -0.15) is 0 Å². The molecular formula is C12H22O6. The fourth-order valence-corrected chi connectivity index (χ4v) is 2.57. The second-order valence-electron chi connectivity index (χ2n) is 5.00. The van der Waals surface area contributed by atoms with Crippen molar-refractivity contribution in [1.29, 1.82) is 0 Å². The van der Waals surface area contributed by atoms with Crippen LogP contribution in [-0.4, -0.2) is 64.4 Å². The molecule has 0 N–H and O–H groups in total. The van der Waals surface area contributed by atoms with Crippen molar-refractivity contribution < 1.29 is 28.4 Å². The van der Waals surface area contributed by atoms with Crippen molar-refractivity contribution in [2.24, 2.45) is 0 Å². The molecule has 2 aliphatic rings. The Balaban J connectivity index is 2.19. The molecule has 18 heavy (non-hydrogen) atoms. The summed E-state index contributed by atoms with van der Waals surface area (Å²) >= 11 is 0. The topological polar surface area (TPSA) is 55.4 Å². The standard InChI is InChI=1S/C12H22O6/c1-12(2)17-8-7(6-13-3)16-11(15-5)10(14-4)9(8)18-12/h7-11H,6H2,1-5H3/t7-,8+,9+,10-,11-/m1/s1. The van der Waals surface area contributed by atoms with E-state index in [-0.39, 0.29) is 24.4 Å². The Bertz CT molecular complexity index is 282. The fourth-order valence-electron chi connectivity index (χ4n) is 2.57. The number of ether oxygens (including phenoxy) is 6. The summed E-state index contributed by atoms with van der Waals surface area (Å²) < 4.78 is 33.5. The van der Waals surface area contributed by atoms with Gasteiger partial charge in [0.15, 0.2) is 12.1 Å².